The van der Waals surface area contributed by atoms with Crippen LogP contribution >= 0.6 is 15.9 Å². The highest BCUT2D eigenvalue weighted by Crippen LogP contribution is 2.33. The zero-order valence-electron chi connectivity index (χ0n) is 13.1. The van der Waals surface area contributed by atoms with E-state index in [-0.39, 0.29) is 6.04 Å². The molecule has 2 fully saturated rings. The highest BCUT2D eigenvalue weighted by Gasteiger charge is 2.35. The maximum atomic E-state index is 6.04. The predicted molar refractivity (Wildman–Crippen MR) is 92.9 cm³/mol. The van der Waals surface area contributed by atoms with Gasteiger partial charge in [-0.15, -0.1) is 0 Å². The first-order chi connectivity index (χ1) is 10.0. The fourth-order valence-corrected chi connectivity index (χ4v) is 4.20. The molecule has 1 aromatic carbocycles. The van der Waals surface area contributed by atoms with Crippen LogP contribution in [0.2, 0.25) is 0 Å². The molecule has 1 aromatic rings. The Labute approximate surface area is 136 Å². The van der Waals surface area contributed by atoms with E-state index in [2.05, 4.69) is 57.8 Å². The Bertz CT molecular complexity index is 503. The van der Waals surface area contributed by atoms with Crippen molar-refractivity contribution in [2.24, 2.45) is 5.73 Å². The smallest absolute Gasteiger partial charge is 0.0414 e. The maximum absolute atomic E-state index is 6.04. The van der Waals surface area contributed by atoms with E-state index in [9.17, 15) is 0 Å². The molecule has 3 unspecified atom stereocenters. The molecule has 2 heterocycles. The van der Waals surface area contributed by atoms with Gasteiger partial charge in [-0.25, -0.2) is 0 Å². The molecule has 2 aliphatic rings. The summed E-state index contributed by atoms with van der Waals surface area (Å²) in [5.74, 6) is 0. The summed E-state index contributed by atoms with van der Waals surface area (Å²) < 4.78 is 1.16. The third-order valence-electron chi connectivity index (χ3n) is 4.84. The lowest BCUT2D eigenvalue weighted by atomic mass is 10.0. The first-order valence-electron chi connectivity index (χ1n) is 8.09. The summed E-state index contributed by atoms with van der Waals surface area (Å²) in [5.41, 5.74) is 8.80. The first-order valence-corrected chi connectivity index (χ1v) is 8.88. The Morgan fingerprint density at radius 2 is 2.19 bits per heavy atom. The van der Waals surface area contributed by atoms with Crippen molar-refractivity contribution in [3.8, 4) is 0 Å². The molecule has 0 bridgehead atoms. The Morgan fingerprint density at radius 3 is 2.95 bits per heavy atom. The van der Waals surface area contributed by atoms with E-state index >= 15 is 0 Å². The van der Waals surface area contributed by atoms with Crippen molar-refractivity contribution in [1.29, 1.82) is 0 Å². The number of nitrogens with zero attached hydrogens (tertiary/aromatic N) is 2. The molecular weight excluding hydrogens is 326 g/mol. The van der Waals surface area contributed by atoms with Crippen LogP contribution in [-0.4, -0.2) is 42.7 Å². The molecule has 2 aliphatic heterocycles. The van der Waals surface area contributed by atoms with Crippen LogP contribution in [0.5, 0.6) is 0 Å². The average molecular weight is 352 g/mol. The topological polar surface area (TPSA) is 32.5 Å². The lowest BCUT2D eigenvalue weighted by molar-refractivity contribution is 0.203. The molecular formula is C17H26BrN3. The molecule has 0 aromatic heterocycles. The van der Waals surface area contributed by atoms with Crippen molar-refractivity contribution in [2.45, 2.75) is 51.2 Å². The van der Waals surface area contributed by atoms with Crippen molar-refractivity contribution < 1.29 is 0 Å². The number of rotatable bonds is 3. The number of piperazine rings is 1. The molecule has 3 rings (SSSR count). The second-order valence-corrected chi connectivity index (χ2v) is 7.66. The third-order valence-corrected chi connectivity index (χ3v) is 5.33. The fourth-order valence-electron chi connectivity index (χ4n) is 3.85. The Kier molecular flexibility index (Phi) is 4.57. The van der Waals surface area contributed by atoms with E-state index in [1.54, 1.807) is 0 Å². The number of hydrogen-bond acceptors (Lipinski definition) is 3. The van der Waals surface area contributed by atoms with E-state index in [0.29, 0.717) is 6.04 Å². The lowest BCUT2D eigenvalue weighted by Crippen LogP contribution is -2.55. The van der Waals surface area contributed by atoms with Gasteiger partial charge in [0, 0.05) is 41.4 Å². The average Bonchev–Trinajstić information content (AvgIpc) is 2.86. The van der Waals surface area contributed by atoms with Crippen LogP contribution in [0.15, 0.2) is 22.7 Å². The van der Waals surface area contributed by atoms with Gasteiger partial charge >= 0.3 is 0 Å². The summed E-state index contributed by atoms with van der Waals surface area (Å²) in [5, 5.41) is 0. The molecule has 0 amide bonds. The lowest BCUT2D eigenvalue weighted by Gasteiger charge is -2.44. The highest BCUT2D eigenvalue weighted by atomic mass is 79.9. The van der Waals surface area contributed by atoms with Crippen LogP contribution in [-0.2, 0) is 6.42 Å². The van der Waals surface area contributed by atoms with E-state index in [1.807, 2.05) is 0 Å². The minimum atomic E-state index is 0.202. The van der Waals surface area contributed by atoms with Crippen LogP contribution in [0.4, 0.5) is 5.69 Å². The normalized spacial score (nSPS) is 27.7. The summed E-state index contributed by atoms with van der Waals surface area (Å²) in [6, 6.07) is 8.16. The summed E-state index contributed by atoms with van der Waals surface area (Å²) in [6.07, 6.45) is 3.65. The predicted octanol–water partition coefficient (Wildman–Crippen LogP) is 3.01. The quantitative estimate of drug-likeness (QED) is 0.908. The maximum Gasteiger partial charge on any atom is 0.0414 e. The van der Waals surface area contributed by atoms with Crippen LogP contribution in [0.3, 0.4) is 0 Å². The molecule has 0 aliphatic carbocycles. The van der Waals surface area contributed by atoms with Crippen LogP contribution in [0, 0.1) is 0 Å². The summed E-state index contributed by atoms with van der Waals surface area (Å²) in [7, 11) is 0. The standard InChI is InChI=1S/C17H26BrN3/c1-12(19)8-14-5-6-15(18)9-17(14)21-11-16-4-3-7-20(16)10-13(21)2/h5-6,9,12-13,16H,3-4,7-8,10-11,19H2,1-2H3. The van der Waals surface area contributed by atoms with Crippen molar-refractivity contribution in [2.75, 3.05) is 24.5 Å². The van der Waals surface area contributed by atoms with Crippen molar-refractivity contribution in [1.82, 2.24) is 4.90 Å². The van der Waals surface area contributed by atoms with E-state index in [1.165, 1.54) is 37.2 Å². The van der Waals surface area contributed by atoms with Gasteiger partial charge < -0.3 is 10.6 Å². The third kappa shape index (κ3) is 3.27. The van der Waals surface area contributed by atoms with Gasteiger partial charge in [0.25, 0.3) is 0 Å². The highest BCUT2D eigenvalue weighted by molar-refractivity contribution is 9.10. The summed E-state index contributed by atoms with van der Waals surface area (Å²) in [4.78, 5) is 5.28. The van der Waals surface area contributed by atoms with Crippen molar-refractivity contribution in [3.63, 3.8) is 0 Å². The van der Waals surface area contributed by atoms with Gasteiger partial charge in [-0.05, 0) is 57.4 Å². The van der Waals surface area contributed by atoms with Crippen LogP contribution in [0.1, 0.15) is 32.3 Å². The minimum absolute atomic E-state index is 0.202. The minimum Gasteiger partial charge on any atom is -0.366 e. The monoisotopic (exact) mass is 351 g/mol. The number of anilines is 1. The van der Waals surface area contributed by atoms with Crippen LogP contribution < -0.4 is 10.6 Å². The number of fused-ring (bicyclic) bond motifs is 1. The molecule has 2 saturated heterocycles. The Hall–Kier alpha value is -0.580. The second-order valence-electron chi connectivity index (χ2n) is 6.75. The zero-order valence-corrected chi connectivity index (χ0v) is 14.6. The molecule has 0 radical (unpaired) electrons. The van der Waals surface area contributed by atoms with Gasteiger partial charge in [0.2, 0.25) is 0 Å². The number of halogens is 1. The number of hydrogen-bond donors (Lipinski definition) is 1. The molecule has 3 atom stereocenters. The Morgan fingerprint density at radius 1 is 1.38 bits per heavy atom. The van der Waals surface area contributed by atoms with Crippen molar-refractivity contribution in [3.05, 3.63) is 28.2 Å². The van der Waals surface area contributed by atoms with Gasteiger partial charge in [0.05, 0.1) is 0 Å². The zero-order chi connectivity index (χ0) is 15.0. The Balaban J connectivity index is 1.89. The summed E-state index contributed by atoms with van der Waals surface area (Å²) in [6.45, 7) is 8.07. The largest absolute Gasteiger partial charge is 0.366 e. The van der Waals surface area contributed by atoms with E-state index < -0.39 is 0 Å². The van der Waals surface area contributed by atoms with Gasteiger partial charge in [-0.1, -0.05) is 22.0 Å². The van der Waals surface area contributed by atoms with Gasteiger partial charge in [-0.2, -0.15) is 0 Å². The van der Waals surface area contributed by atoms with Crippen LogP contribution in [0.25, 0.3) is 0 Å². The van der Waals surface area contributed by atoms with E-state index in [0.717, 1.165) is 23.5 Å². The molecule has 2 N–H and O–H groups in total. The second kappa shape index (κ2) is 6.27. The van der Waals surface area contributed by atoms with Gasteiger partial charge in [0.1, 0.15) is 0 Å². The molecule has 116 valence electrons. The molecule has 4 heteroatoms. The van der Waals surface area contributed by atoms with Gasteiger partial charge in [-0.3, -0.25) is 4.90 Å². The van der Waals surface area contributed by atoms with Crippen molar-refractivity contribution >= 4 is 21.6 Å². The number of nitrogens with two attached hydrogens (primary N) is 1. The summed E-state index contributed by atoms with van der Waals surface area (Å²) >= 11 is 3.64. The molecule has 0 saturated carbocycles. The number of benzene rings is 1. The van der Waals surface area contributed by atoms with E-state index in [4.69, 9.17) is 5.73 Å². The molecule has 3 nitrogen and oxygen atoms in total. The fraction of sp³-hybridized carbons (Fsp3) is 0.647. The molecule has 0 spiro atoms. The van der Waals surface area contributed by atoms with Gasteiger partial charge in [0.15, 0.2) is 0 Å². The first kappa shape index (κ1) is 15.3. The molecule has 21 heavy (non-hydrogen) atoms. The SMILES string of the molecule is CC(N)Cc1ccc(Br)cc1N1CC2CCCN2CC1C.